The lowest BCUT2D eigenvalue weighted by Crippen LogP contribution is -2.76. The number of Topliss-reactive ketones (excluding diaryl/α,β-unsaturated/α-hetero) is 1. The van der Waals surface area contributed by atoms with E-state index in [9.17, 15) is 77.1 Å². The summed E-state index contributed by atoms with van der Waals surface area (Å²) in [6.07, 6.45) is -8.87. The molecule has 2 bridgehead atoms. The van der Waals surface area contributed by atoms with Crippen LogP contribution in [0.3, 0.4) is 0 Å². The van der Waals surface area contributed by atoms with Crippen molar-refractivity contribution < 1.29 is 129 Å². The number of ketones is 1. The van der Waals surface area contributed by atoms with Crippen molar-refractivity contribution in [1.29, 1.82) is 0 Å². The normalized spacial score (nSPS) is 25.0. The molecule has 5 aliphatic heterocycles. The summed E-state index contributed by atoms with van der Waals surface area (Å²) >= 11 is 3.60. The first-order chi connectivity index (χ1) is 49.9. The number of aryl methyl sites for hydroxylation is 1. The number of ether oxygens (including phenoxy) is 11. The van der Waals surface area contributed by atoms with Crippen molar-refractivity contribution in [3.63, 3.8) is 0 Å². The van der Waals surface area contributed by atoms with E-state index in [4.69, 9.17) is 52.1 Å². The van der Waals surface area contributed by atoms with Crippen LogP contribution in [-0.4, -0.2) is 233 Å². The molecule has 33 nitrogen and oxygen atoms in total. The fraction of sp³-hybridized carbons (Fsp3) is 0.535. The number of benzene rings is 4. The first-order valence-corrected chi connectivity index (χ1v) is 37.2. The number of aromatic hydroxyl groups is 1. The maximum atomic E-state index is 14.3. The Bertz CT molecular complexity index is 4220. The largest absolute Gasteiger partial charge is 0.506 e. The average molecular weight is 1570 g/mol. The highest BCUT2D eigenvalue weighted by atomic mass is 79.9. The Labute approximate surface area is 617 Å². The van der Waals surface area contributed by atoms with Gasteiger partial charge in [-0.1, -0.05) is 54.0 Å². The first kappa shape index (κ1) is 79.9. The summed E-state index contributed by atoms with van der Waals surface area (Å²) in [5.74, 6) is -9.44. The van der Waals surface area contributed by atoms with Gasteiger partial charge < -0.3 is 98.9 Å². The number of aliphatic carboxylic acids is 1. The van der Waals surface area contributed by atoms with Gasteiger partial charge in [0.25, 0.3) is 17.6 Å². The third kappa shape index (κ3) is 16.1. The molecule has 106 heavy (non-hydrogen) atoms. The maximum Gasteiger partial charge on any atom is 0.411 e. The number of hydrogen-bond donors (Lipinski definition) is 9. The number of phenols is 1. The number of halogens is 1. The summed E-state index contributed by atoms with van der Waals surface area (Å²) in [5.41, 5.74) is -1.31. The number of carboxylic acids is 1. The van der Waals surface area contributed by atoms with Crippen LogP contribution in [0.25, 0.3) is 10.8 Å². The molecule has 3 unspecified atom stereocenters. The number of phenolic OH excluding ortho intramolecular Hbond substituents is 1. The number of nitrogens with zero attached hydrogens (tertiary/aromatic N) is 2. The van der Waals surface area contributed by atoms with Crippen molar-refractivity contribution in [3.8, 4) is 23.0 Å². The predicted octanol–water partition coefficient (Wildman–Crippen LogP) is 3.75. The summed E-state index contributed by atoms with van der Waals surface area (Å²) in [6.45, 7) is 9.32. The smallest absolute Gasteiger partial charge is 0.411 e. The highest BCUT2D eigenvalue weighted by Crippen LogP contribution is 2.68. The number of aliphatic hydroxyl groups excluding tert-OH is 3. The Hall–Kier alpha value is -8.62. The van der Waals surface area contributed by atoms with Crippen LogP contribution in [-0.2, 0) is 96.1 Å². The Morgan fingerprint density at radius 3 is 2.13 bits per heavy atom. The zero-order chi connectivity index (χ0) is 77.3. The predicted molar refractivity (Wildman–Crippen MR) is 374 cm³/mol. The van der Waals surface area contributed by atoms with E-state index < -0.39 is 179 Å². The number of carbonyl (C=O) groups is 9. The third-order valence-corrected chi connectivity index (χ3v) is 21.4. The summed E-state index contributed by atoms with van der Waals surface area (Å²) in [7, 11) is -1.08. The highest BCUT2D eigenvalue weighted by Gasteiger charge is 2.86. The Morgan fingerprint density at radius 1 is 0.849 bits per heavy atom. The van der Waals surface area contributed by atoms with Crippen LogP contribution in [0.5, 0.6) is 23.0 Å². The molecule has 4 aromatic carbocycles. The molecule has 6 aliphatic rings. The van der Waals surface area contributed by atoms with Crippen molar-refractivity contribution in [3.05, 3.63) is 100 Å². The van der Waals surface area contributed by atoms with Crippen LogP contribution < -0.4 is 35.5 Å². The van der Waals surface area contributed by atoms with Crippen LogP contribution in [0.2, 0.25) is 0 Å². The van der Waals surface area contributed by atoms with Crippen LogP contribution in [0, 0.1) is 12.3 Å². The highest BCUT2D eigenvalue weighted by molar-refractivity contribution is 9.09. The molecule has 576 valence electrons. The van der Waals surface area contributed by atoms with Gasteiger partial charge in [0.2, 0.25) is 35.4 Å². The standard InChI is InChI=1S/C71H87BrN6O27S/c1-36-30-44-50(51(82)49-43(55(44)95-8)12-11-13-45(49)79)56-48(36)57-59-71(96-9,104-56)69(33-72,100-35-77(27-29-106(10,93)94)66(92)98-32-40-16-20-42(21-17-40)101-63-54(85)52(83)53(84)58(102-63)62(88)89)70(103-57,105-59)34-73-65(91)97-31-39-14-18-41(19-15-39)76-61(87)37(2)74-60(86)38(3)75-64(90)67(4,5)25-28-99-68(6,7)24-26-78-46(80)22-23-47(78)81/h14-23,30,37-38,52-54,57-59,63,82-85H,11-13,24-29,31-35H2,1-10H3,(H,73,91)(H,74,86)(H,75,90)(H,76,87)(H,88,89)/t37-,38-,52-,53-,54+,57?,58-,59?,63+,69+,70?,71+/m0/s1. The number of sulfone groups is 1. The molecule has 3 saturated heterocycles. The molecular weight excluding hydrogens is 1480 g/mol. The lowest BCUT2D eigenvalue weighted by Gasteiger charge is -2.55. The number of anilines is 1. The van der Waals surface area contributed by atoms with E-state index in [0.29, 0.717) is 63.9 Å². The Kier molecular flexibility index (Phi) is 23.9. The molecule has 3 fully saturated rings. The lowest BCUT2D eigenvalue weighted by molar-refractivity contribution is -0.360. The minimum atomic E-state index is -3.81. The number of fused-ring (bicyclic) bond motifs is 6. The van der Waals surface area contributed by atoms with E-state index in [-0.39, 0.29) is 66.2 Å². The van der Waals surface area contributed by atoms with E-state index >= 15 is 0 Å². The van der Waals surface area contributed by atoms with E-state index in [1.807, 2.05) is 13.8 Å². The van der Waals surface area contributed by atoms with Crippen LogP contribution in [0.15, 0.2) is 66.7 Å². The summed E-state index contributed by atoms with van der Waals surface area (Å²) < 4.78 is 94.2. The molecular formula is C71H87BrN6O27S. The van der Waals surface area contributed by atoms with E-state index in [2.05, 4.69) is 37.2 Å². The first-order valence-electron chi connectivity index (χ1n) is 34.0. The van der Waals surface area contributed by atoms with Gasteiger partial charge in [-0.25, -0.2) is 22.8 Å². The number of rotatable bonds is 31. The van der Waals surface area contributed by atoms with Gasteiger partial charge in [-0.15, -0.1) is 0 Å². The molecule has 0 radical (unpaired) electrons. The molecule has 4 aromatic rings. The van der Waals surface area contributed by atoms with Gasteiger partial charge in [-0.2, -0.15) is 0 Å². The molecule has 12 atom stereocenters. The van der Waals surface area contributed by atoms with Crippen molar-refractivity contribution in [1.82, 2.24) is 25.8 Å². The number of methoxy groups -OCH3 is 2. The second-order valence-corrected chi connectivity index (χ2v) is 30.9. The Balaban J connectivity index is 0.814. The number of aliphatic hydroxyl groups is 3. The van der Waals surface area contributed by atoms with Gasteiger partial charge in [0, 0.05) is 84.6 Å². The monoisotopic (exact) mass is 1570 g/mol. The second-order valence-electron chi connectivity index (χ2n) is 28.0. The maximum absolute atomic E-state index is 14.3. The fourth-order valence-corrected chi connectivity index (χ4v) is 14.9. The SMILES string of the molecule is COc1c2c(c(O)c3c4c(c(C)cc13)C1OC3(CNC(=O)OCc5ccc(NC(=O)[C@H](C)NC(=O)[C@H](C)NC(=O)C(C)(C)CCOC(C)(C)CCN6C(=O)C=CC6=O)cc5)OC1[C@@](OC)(O4)[C@]3(CBr)OCN(CCS(C)(=O)=O)C(=O)OCc1ccc(O[C@@H]3O[C@H](C(=O)O)[C@@H](O)[C@H](O)[C@H]3O)cc1)C(=O)CCC2. The van der Waals surface area contributed by atoms with Crippen molar-refractivity contribution in [2.24, 2.45) is 5.41 Å². The fourth-order valence-electron chi connectivity index (χ4n) is 13.4. The van der Waals surface area contributed by atoms with Gasteiger partial charge in [-0.05, 0) is 107 Å². The van der Waals surface area contributed by atoms with Crippen LogP contribution in [0.4, 0.5) is 15.3 Å². The number of amides is 7. The number of nitrogens with one attached hydrogen (secondary N) is 4. The van der Waals surface area contributed by atoms with Crippen molar-refractivity contribution >= 4 is 95.7 Å². The number of hydrogen-bond acceptors (Lipinski definition) is 26. The summed E-state index contributed by atoms with van der Waals surface area (Å²) in [5, 5.41) is 63.5. The van der Waals surface area contributed by atoms with Gasteiger partial charge in [-0.3, -0.25) is 38.6 Å². The van der Waals surface area contributed by atoms with Gasteiger partial charge in [0.05, 0.1) is 36.0 Å². The summed E-state index contributed by atoms with van der Waals surface area (Å²) in [6, 6.07) is 11.4. The summed E-state index contributed by atoms with van der Waals surface area (Å²) in [4.78, 5) is 120. The van der Waals surface area contributed by atoms with Crippen LogP contribution in [0.1, 0.15) is 112 Å². The third-order valence-electron chi connectivity index (χ3n) is 19.7. The molecule has 0 aromatic heterocycles. The number of carboxylic acid groups (broad SMARTS) is 1. The van der Waals surface area contributed by atoms with Crippen LogP contribution >= 0.6 is 15.9 Å². The minimum absolute atomic E-state index is 0.00513. The van der Waals surface area contributed by atoms with E-state index in [1.54, 1.807) is 39.0 Å². The Morgan fingerprint density at radius 2 is 1.50 bits per heavy atom. The van der Waals surface area contributed by atoms with Gasteiger partial charge in [0.1, 0.15) is 89.3 Å². The second kappa shape index (κ2) is 31.7. The van der Waals surface area contributed by atoms with E-state index in [1.165, 1.54) is 76.6 Å². The molecule has 5 heterocycles. The van der Waals surface area contributed by atoms with E-state index in [0.717, 1.165) is 16.1 Å². The molecule has 35 heteroatoms. The number of carbonyl (C=O) groups excluding carboxylic acids is 8. The molecule has 0 spiro atoms. The minimum Gasteiger partial charge on any atom is -0.506 e. The van der Waals surface area contributed by atoms with Gasteiger partial charge >= 0.3 is 18.2 Å². The molecule has 10 rings (SSSR count). The molecule has 1 aliphatic carbocycles. The topological polar surface area (TPSA) is 445 Å². The number of imide groups is 1. The number of alkyl carbamates (subject to hydrolysis) is 1. The average Bonchev–Trinajstić information content (AvgIpc) is 1.47. The van der Waals surface area contributed by atoms with Crippen molar-refractivity contribution in [2.75, 3.05) is 69.8 Å². The molecule has 0 saturated carbocycles. The number of alkyl halides is 1. The molecule has 9 N–H and O–H groups in total. The zero-order valence-corrected chi connectivity index (χ0v) is 62.2. The molecule has 7 amide bonds. The lowest BCUT2D eigenvalue weighted by atomic mass is 9.76. The zero-order valence-electron chi connectivity index (χ0n) is 59.8. The van der Waals surface area contributed by atoms with Crippen molar-refractivity contribution in [2.45, 2.75) is 172 Å². The van der Waals surface area contributed by atoms with Gasteiger partial charge in [0.15, 0.2) is 18.0 Å². The quantitative estimate of drug-likeness (QED) is 0.0197.